The van der Waals surface area contributed by atoms with Crippen molar-refractivity contribution in [2.45, 2.75) is 120 Å². The van der Waals surface area contributed by atoms with Crippen molar-refractivity contribution in [2.24, 2.45) is 11.3 Å². The van der Waals surface area contributed by atoms with Gasteiger partial charge in [-0.3, -0.25) is 19.1 Å². The Bertz CT molecular complexity index is 1630. The summed E-state index contributed by atoms with van der Waals surface area (Å²) in [6, 6.07) is 7.26. The first-order valence-electron chi connectivity index (χ1n) is 17.1. The predicted molar refractivity (Wildman–Crippen MR) is 183 cm³/mol. The molecule has 15 heteroatoms. The standard InChI is InChI=1S/C35H49N5O9S/c1-8-21-18-35(21,30(43)39-50(46,47)23-14-15-23)38-28(41)26-16-22(48-31(44)36-25-17-24(25)20-12-10-9-11-13-20)19-40(26)29(42)27(33(2,3)4)37-32(45)49-34(5,6)7/h8-13,21-27H,1,14-19H2,2-7H3,(H,36,44)(H,37,45)(H,38,41)(H,39,43)/t21?,22-,24+,25-,26+,27-,35-/m1/s1. The highest BCUT2D eigenvalue weighted by molar-refractivity contribution is 7.91. The third-order valence-electron chi connectivity index (χ3n) is 9.47. The molecule has 0 spiro atoms. The summed E-state index contributed by atoms with van der Waals surface area (Å²) in [6.07, 6.45) is 0.703. The highest BCUT2D eigenvalue weighted by Crippen LogP contribution is 2.46. The average Bonchev–Trinajstić information content (AvgIpc) is 3.91. The van der Waals surface area contributed by atoms with E-state index in [2.05, 4.69) is 27.3 Å². The summed E-state index contributed by atoms with van der Waals surface area (Å²) in [5.41, 5.74) is -2.17. The molecular weight excluding hydrogens is 666 g/mol. The summed E-state index contributed by atoms with van der Waals surface area (Å²) >= 11 is 0. The fraction of sp³-hybridized carbons (Fsp3) is 0.629. The SMILES string of the molecule is C=CC1C[C@]1(NC(=O)[C@@H]1C[C@@H](OC(=O)N[C@@H]2C[C@H]2c2ccccc2)CN1C(=O)[C@@H](NC(=O)OC(C)(C)C)C(C)(C)C)C(=O)NS(=O)(=O)C1CC1. The van der Waals surface area contributed by atoms with Gasteiger partial charge in [0.15, 0.2) is 0 Å². The molecule has 3 saturated carbocycles. The number of alkyl carbamates (subject to hydrolysis) is 2. The summed E-state index contributed by atoms with van der Waals surface area (Å²) in [6.45, 7) is 13.9. The molecule has 0 bridgehead atoms. The van der Waals surface area contributed by atoms with Crippen LogP contribution >= 0.6 is 0 Å². The number of hydrogen-bond acceptors (Lipinski definition) is 9. The molecule has 1 aromatic carbocycles. The van der Waals surface area contributed by atoms with Gasteiger partial charge < -0.3 is 30.3 Å². The summed E-state index contributed by atoms with van der Waals surface area (Å²) in [5.74, 6) is -2.62. The minimum Gasteiger partial charge on any atom is -0.444 e. The Hall–Kier alpha value is -4.14. The van der Waals surface area contributed by atoms with E-state index in [1.165, 1.54) is 11.0 Å². The molecule has 5 amide bonds. The number of ether oxygens (including phenoxy) is 2. The maximum absolute atomic E-state index is 14.3. The lowest BCUT2D eigenvalue weighted by molar-refractivity contribution is -0.143. The van der Waals surface area contributed by atoms with Gasteiger partial charge in [0, 0.05) is 24.3 Å². The Kier molecular flexibility index (Phi) is 10.0. The van der Waals surface area contributed by atoms with Crippen molar-refractivity contribution in [1.82, 2.24) is 25.6 Å². The lowest BCUT2D eigenvalue weighted by Gasteiger charge is -2.36. The van der Waals surface area contributed by atoms with Crippen LogP contribution in [0, 0.1) is 11.3 Å². The predicted octanol–water partition coefficient (Wildman–Crippen LogP) is 2.85. The maximum atomic E-state index is 14.3. The van der Waals surface area contributed by atoms with Crippen molar-refractivity contribution >= 4 is 39.9 Å². The second-order valence-corrected chi connectivity index (χ2v) is 17.9. The Labute approximate surface area is 293 Å². The number of carbonyl (C=O) groups excluding carboxylic acids is 5. The molecule has 3 aliphatic carbocycles. The van der Waals surface area contributed by atoms with E-state index in [0.29, 0.717) is 12.8 Å². The minimum atomic E-state index is -3.91. The van der Waals surface area contributed by atoms with Crippen molar-refractivity contribution in [1.29, 1.82) is 0 Å². The number of amides is 5. The van der Waals surface area contributed by atoms with Crippen LogP contribution in [-0.4, -0.2) is 90.4 Å². The summed E-state index contributed by atoms with van der Waals surface area (Å²) in [7, 11) is -3.91. The number of likely N-dealkylation sites (tertiary alicyclic amines) is 1. The highest BCUT2D eigenvalue weighted by atomic mass is 32.2. The number of hydrogen-bond donors (Lipinski definition) is 4. The first-order valence-corrected chi connectivity index (χ1v) is 18.6. The number of sulfonamides is 1. The van der Waals surface area contributed by atoms with Crippen molar-refractivity contribution < 1.29 is 41.9 Å². The van der Waals surface area contributed by atoms with E-state index >= 15 is 0 Å². The number of nitrogens with zero attached hydrogens (tertiary/aromatic N) is 1. The monoisotopic (exact) mass is 715 g/mol. The molecule has 4 N–H and O–H groups in total. The van der Waals surface area contributed by atoms with Gasteiger partial charge in [-0.2, -0.15) is 0 Å². The van der Waals surface area contributed by atoms with Gasteiger partial charge in [0.25, 0.3) is 5.91 Å². The molecule has 1 heterocycles. The Morgan fingerprint density at radius 1 is 1.00 bits per heavy atom. The van der Waals surface area contributed by atoms with Gasteiger partial charge in [-0.25, -0.2) is 18.0 Å². The number of nitrogens with one attached hydrogen (secondary N) is 4. The van der Waals surface area contributed by atoms with Crippen molar-refractivity contribution in [3.05, 3.63) is 48.6 Å². The topological polar surface area (TPSA) is 189 Å². The van der Waals surface area contributed by atoms with E-state index in [4.69, 9.17) is 9.47 Å². The van der Waals surface area contributed by atoms with Crippen LogP contribution in [-0.2, 0) is 33.9 Å². The van der Waals surface area contributed by atoms with Gasteiger partial charge in [0.1, 0.15) is 29.3 Å². The van der Waals surface area contributed by atoms with Crippen molar-refractivity contribution in [3.8, 4) is 0 Å². The van der Waals surface area contributed by atoms with Gasteiger partial charge >= 0.3 is 12.2 Å². The van der Waals surface area contributed by atoms with E-state index in [1.807, 2.05) is 30.3 Å². The molecule has 0 aromatic heterocycles. The van der Waals surface area contributed by atoms with Crippen LogP contribution in [0.1, 0.15) is 85.1 Å². The summed E-state index contributed by atoms with van der Waals surface area (Å²) in [5, 5.41) is 7.58. The Balaban J connectivity index is 1.34. The van der Waals surface area contributed by atoms with Crippen LogP contribution in [0.4, 0.5) is 9.59 Å². The number of carbonyl (C=O) groups is 5. The molecule has 5 rings (SSSR count). The molecule has 4 aliphatic rings. The Morgan fingerprint density at radius 2 is 1.66 bits per heavy atom. The average molecular weight is 716 g/mol. The molecule has 274 valence electrons. The molecule has 1 saturated heterocycles. The summed E-state index contributed by atoms with van der Waals surface area (Å²) < 4.78 is 38.5. The highest BCUT2D eigenvalue weighted by Gasteiger charge is 2.62. The molecule has 1 aromatic rings. The van der Waals surface area contributed by atoms with E-state index in [9.17, 15) is 32.4 Å². The minimum absolute atomic E-state index is 0.0993. The van der Waals surface area contributed by atoms with E-state index in [-0.39, 0.29) is 31.3 Å². The van der Waals surface area contributed by atoms with Gasteiger partial charge in [-0.1, -0.05) is 57.2 Å². The first-order chi connectivity index (χ1) is 23.2. The van der Waals surface area contributed by atoms with Crippen molar-refractivity contribution in [3.63, 3.8) is 0 Å². The van der Waals surface area contributed by atoms with Gasteiger partial charge in [0.2, 0.25) is 21.8 Å². The fourth-order valence-electron chi connectivity index (χ4n) is 6.39. The van der Waals surface area contributed by atoms with E-state index < -0.39 is 85.8 Å². The fourth-order valence-corrected chi connectivity index (χ4v) is 7.76. The molecular formula is C35H49N5O9S. The lowest BCUT2D eigenvalue weighted by Crippen LogP contribution is -2.60. The molecule has 50 heavy (non-hydrogen) atoms. The zero-order valence-corrected chi connectivity index (χ0v) is 30.3. The molecule has 1 aliphatic heterocycles. The zero-order chi connectivity index (χ0) is 36.8. The largest absolute Gasteiger partial charge is 0.444 e. The third kappa shape index (κ3) is 8.59. The van der Waals surface area contributed by atoms with Gasteiger partial charge in [0.05, 0.1) is 11.8 Å². The maximum Gasteiger partial charge on any atom is 0.408 e. The first kappa shape index (κ1) is 37.1. The number of rotatable bonds is 11. The van der Waals surface area contributed by atoms with E-state index in [0.717, 1.165) is 12.0 Å². The third-order valence-corrected chi connectivity index (χ3v) is 11.3. The normalized spacial score (nSPS) is 28.0. The van der Waals surface area contributed by atoms with Crippen LogP contribution in [0.5, 0.6) is 0 Å². The second-order valence-electron chi connectivity index (χ2n) is 15.9. The van der Waals surface area contributed by atoms with Crippen LogP contribution < -0.4 is 20.7 Å². The lowest BCUT2D eigenvalue weighted by atomic mass is 9.85. The zero-order valence-electron chi connectivity index (χ0n) is 29.5. The second kappa shape index (κ2) is 13.5. The molecule has 14 nitrogen and oxygen atoms in total. The Morgan fingerprint density at radius 3 is 2.22 bits per heavy atom. The van der Waals surface area contributed by atoms with Crippen LogP contribution in [0.25, 0.3) is 0 Å². The van der Waals surface area contributed by atoms with Crippen molar-refractivity contribution in [2.75, 3.05) is 6.54 Å². The number of benzene rings is 1. The molecule has 0 radical (unpaired) electrons. The van der Waals surface area contributed by atoms with Gasteiger partial charge in [-0.05, 0) is 57.4 Å². The van der Waals surface area contributed by atoms with Gasteiger partial charge in [-0.15, -0.1) is 6.58 Å². The van der Waals surface area contributed by atoms with E-state index in [1.54, 1.807) is 41.5 Å². The van der Waals surface area contributed by atoms with Crippen LogP contribution in [0.15, 0.2) is 43.0 Å². The smallest absolute Gasteiger partial charge is 0.408 e. The molecule has 4 fully saturated rings. The molecule has 7 atom stereocenters. The summed E-state index contributed by atoms with van der Waals surface area (Å²) in [4.78, 5) is 68.8. The van der Waals surface area contributed by atoms with Crippen LogP contribution in [0.2, 0.25) is 0 Å². The van der Waals surface area contributed by atoms with Crippen LogP contribution in [0.3, 0.4) is 0 Å². The molecule has 1 unspecified atom stereocenters. The quantitative estimate of drug-likeness (QED) is 0.250.